The van der Waals surface area contributed by atoms with E-state index < -0.39 is 31.6 Å². The van der Waals surface area contributed by atoms with E-state index in [9.17, 15) is 13.2 Å². The van der Waals surface area contributed by atoms with Gasteiger partial charge in [0.15, 0.2) is 0 Å². The lowest BCUT2D eigenvalue weighted by Crippen LogP contribution is -2.48. The van der Waals surface area contributed by atoms with Gasteiger partial charge in [0.05, 0.1) is 25.3 Å². The Bertz CT molecular complexity index is 1360. The van der Waals surface area contributed by atoms with Gasteiger partial charge in [0.2, 0.25) is 11.8 Å². The lowest BCUT2D eigenvalue weighted by Gasteiger charge is -2.34. The van der Waals surface area contributed by atoms with Gasteiger partial charge in [-0.2, -0.15) is 4.98 Å². The average molecular weight is 519 g/mol. The second kappa shape index (κ2) is 10.9. The summed E-state index contributed by atoms with van der Waals surface area (Å²) in [7, 11) is 3.14. The van der Waals surface area contributed by atoms with Crippen molar-refractivity contribution < 1.29 is 22.6 Å². The summed E-state index contributed by atoms with van der Waals surface area (Å²) in [5, 5.41) is 15.6. The number of fused-ring (bicyclic) bond motifs is 2. The highest BCUT2D eigenvalue weighted by Crippen LogP contribution is 2.33. The van der Waals surface area contributed by atoms with Crippen LogP contribution < -0.4 is 10.1 Å². The first-order valence-electron chi connectivity index (χ1n) is 12.1. The van der Waals surface area contributed by atoms with Crippen molar-refractivity contribution in [2.45, 2.75) is 24.7 Å². The molecule has 0 radical (unpaired) electrons. The molecule has 0 spiro atoms. The van der Waals surface area contributed by atoms with Gasteiger partial charge >= 0.3 is 0 Å². The third kappa shape index (κ3) is 4.92. The lowest BCUT2D eigenvalue weighted by atomic mass is 10.0. The summed E-state index contributed by atoms with van der Waals surface area (Å²) in [6.45, 7) is 0.532. The minimum Gasteiger partial charge on any atom is -0.479 e. The second-order valence-corrected chi connectivity index (χ2v) is 9.02. The van der Waals surface area contributed by atoms with Gasteiger partial charge in [-0.05, 0) is 30.2 Å². The number of alkyl halides is 3. The number of nitrogens with one attached hydrogen (secondary N) is 1. The largest absolute Gasteiger partial charge is 0.479 e. The fourth-order valence-electron chi connectivity index (χ4n) is 4.69. The molecule has 5 rings (SSSR count). The number of hydrogen-bond acceptors (Lipinski definition) is 8. The smallest absolute Gasteiger partial charge is 0.244 e. The molecule has 4 heterocycles. The van der Waals surface area contributed by atoms with Gasteiger partial charge in [-0.25, -0.2) is 22.4 Å². The zero-order valence-electron chi connectivity index (χ0n) is 20.6. The van der Waals surface area contributed by atoms with E-state index in [0.717, 1.165) is 17.7 Å². The summed E-state index contributed by atoms with van der Waals surface area (Å²) in [5.41, 5.74) is 3.16. The van der Waals surface area contributed by atoms with Crippen molar-refractivity contribution >= 4 is 22.5 Å². The third-order valence-corrected chi connectivity index (χ3v) is 6.71. The monoisotopic (exact) mass is 518 g/mol. The molecule has 0 saturated carbocycles. The van der Waals surface area contributed by atoms with Crippen LogP contribution in [0.5, 0.6) is 5.88 Å². The number of piperidine rings is 1. The molecule has 0 aliphatic carbocycles. The van der Waals surface area contributed by atoms with Gasteiger partial charge in [0, 0.05) is 38.5 Å². The molecule has 2 atom stereocenters. The van der Waals surface area contributed by atoms with Gasteiger partial charge in [0.1, 0.15) is 36.6 Å². The van der Waals surface area contributed by atoms with Crippen LogP contribution in [0.3, 0.4) is 0 Å². The normalized spacial score (nSPS) is 18.8. The molecule has 1 aliphatic rings. The minimum atomic E-state index is -1.08. The van der Waals surface area contributed by atoms with Crippen LogP contribution in [0.1, 0.15) is 12.5 Å². The van der Waals surface area contributed by atoms with Crippen LogP contribution in [0.2, 0.25) is 0 Å². The summed E-state index contributed by atoms with van der Waals surface area (Å²) in [6, 6.07) is 5.75. The van der Waals surface area contributed by atoms with E-state index in [0.29, 0.717) is 48.5 Å². The molecule has 0 amide bonds. The number of aromatic nitrogens is 6. The number of benzene rings is 1. The van der Waals surface area contributed by atoms with Crippen LogP contribution in [0, 0.1) is 0 Å². The molecule has 1 saturated heterocycles. The third-order valence-electron chi connectivity index (χ3n) is 6.71. The van der Waals surface area contributed by atoms with E-state index in [1.807, 2.05) is 17.0 Å². The van der Waals surface area contributed by atoms with E-state index >= 15 is 0 Å². The number of methoxy groups -OCH3 is 2. The van der Waals surface area contributed by atoms with Crippen LogP contribution in [0.15, 0.2) is 30.5 Å². The van der Waals surface area contributed by atoms with Crippen molar-refractivity contribution in [2.24, 2.45) is 0 Å². The maximum Gasteiger partial charge on any atom is 0.244 e. The van der Waals surface area contributed by atoms with E-state index in [1.165, 1.54) is 11.8 Å². The number of rotatable bonds is 10. The topological polar surface area (TPSA) is 94.6 Å². The minimum absolute atomic E-state index is 0.260. The van der Waals surface area contributed by atoms with Crippen molar-refractivity contribution in [1.82, 2.24) is 34.5 Å². The predicted octanol–water partition coefficient (Wildman–Crippen LogP) is 3.10. The first-order chi connectivity index (χ1) is 18.1. The summed E-state index contributed by atoms with van der Waals surface area (Å²) in [6.07, 6.45) is 1.27. The second-order valence-electron chi connectivity index (χ2n) is 9.02. The fourth-order valence-corrected chi connectivity index (χ4v) is 4.69. The zero-order valence-corrected chi connectivity index (χ0v) is 20.6. The van der Waals surface area contributed by atoms with Gasteiger partial charge < -0.3 is 14.8 Å². The number of hydrogen-bond donors (Lipinski definition) is 1. The van der Waals surface area contributed by atoms with Crippen molar-refractivity contribution in [1.29, 1.82) is 0 Å². The van der Waals surface area contributed by atoms with Gasteiger partial charge in [-0.1, -0.05) is 11.3 Å². The summed E-state index contributed by atoms with van der Waals surface area (Å²) >= 11 is 0. The van der Waals surface area contributed by atoms with E-state index in [2.05, 4.69) is 25.7 Å². The Morgan fingerprint density at radius 2 is 2.03 bits per heavy atom. The Balaban J connectivity index is 1.43. The molecule has 198 valence electrons. The molecule has 37 heavy (non-hydrogen) atoms. The number of anilines is 1. The van der Waals surface area contributed by atoms with Crippen molar-refractivity contribution in [3.63, 3.8) is 0 Å². The number of nitrogens with zero attached hydrogens (tertiary/aromatic N) is 7. The molecule has 1 aliphatic heterocycles. The van der Waals surface area contributed by atoms with E-state index in [1.54, 1.807) is 30.0 Å². The zero-order chi connectivity index (χ0) is 25.9. The highest BCUT2D eigenvalue weighted by molar-refractivity contribution is 5.89. The van der Waals surface area contributed by atoms with Crippen LogP contribution in [0.25, 0.3) is 27.7 Å². The quantitative estimate of drug-likeness (QED) is 0.342. The Labute approximate surface area is 211 Å². The molecule has 4 aromatic rings. The summed E-state index contributed by atoms with van der Waals surface area (Å²) in [4.78, 5) is 6.54. The SMILES string of the molecule is COCCN1CC[C@@H](Nc2nc(OC)c3c(-c4ccc5nnn(C(CF)CF)c5c4)ccn3n2)[C@@H](F)C1. The number of halogens is 3. The van der Waals surface area contributed by atoms with Crippen molar-refractivity contribution in [3.8, 4) is 17.0 Å². The molecule has 0 unspecified atom stereocenters. The van der Waals surface area contributed by atoms with E-state index in [4.69, 9.17) is 9.47 Å². The van der Waals surface area contributed by atoms with Gasteiger partial charge in [-0.15, -0.1) is 10.2 Å². The molecule has 13 heteroatoms. The molecular weight excluding hydrogens is 489 g/mol. The summed E-state index contributed by atoms with van der Waals surface area (Å²) in [5.74, 6) is 0.568. The molecular formula is C24H29F3N8O2. The Hall–Kier alpha value is -3.45. The van der Waals surface area contributed by atoms with Crippen LogP contribution in [-0.4, -0.2) is 101 Å². The number of ether oxygens (including phenoxy) is 2. The Morgan fingerprint density at radius 3 is 2.76 bits per heavy atom. The molecule has 1 aromatic carbocycles. The van der Waals surface area contributed by atoms with Crippen molar-refractivity contribution in [2.75, 3.05) is 59.1 Å². The first kappa shape index (κ1) is 25.2. The molecule has 10 nitrogen and oxygen atoms in total. The van der Waals surface area contributed by atoms with Gasteiger partial charge in [0.25, 0.3) is 0 Å². The highest BCUT2D eigenvalue weighted by atomic mass is 19.1. The van der Waals surface area contributed by atoms with E-state index in [-0.39, 0.29) is 5.95 Å². The van der Waals surface area contributed by atoms with Crippen LogP contribution >= 0.6 is 0 Å². The average Bonchev–Trinajstić information content (AvgIpc) is 3.53. The molecule has 0 bridgehead atoms. The standard InChI is InChI=1S/C24H29F3N8O2/c1-36-10-9-33-7-6-19(18(27)14-33)28-24-29-23(37-2)22-17(5-8-34(22)31-24)15-3-4-20-21(11-15)35(32-30-20)16(12-25)13-26/h3-5,8,11,16,18-19H,6-7,9-10,12-14H2,1-2H3,(H,28,31)/t18-,19+/m0/s1. The molecule has 3 aromatic heterocycles. The first-order valence-corrected chi connectivity index (χ1v) is 12.1. The molecule has 1 fully saturated rings. The van der Waals surface area contributed by atoms with Gasteiger partial charge in [-0.3, -0.25) is 4.90 Å². The highest BCUT2D eigenvalue weighted by Gasteiger charge is 2.30. The molecule has 1 N–H and O–H groups in total. The van der Waals surface area contributed by atoms with Crippen molar-refractivity contribution in [3.05, 3.63) is 30.5 Å². The predicted molar refractivity (Wildman–Crippen MR) is 132 cm³/mol. The van der Waals surface area contributed by atoms with Crippen LogP contribution in [-0.2, 0) is 4.74 Å². The maximum absolute atomic E-state index is 14.9. The Morgan fingerprint density at radius 1 is 1.19 bits per heavy atom. The Kier molecular flexibility index (Phi) is 7.42. The maximum atomic E-state index is 14.9. The number of likely N-dealkylation sites (tertiary alicyclic amines) is 1. The fraction of sp³-hybridized carbons (Fsp3) is 0.500. The lowest BCUT2D eigenvalue weighted by molar-refractivity contribution is 0.0918. The summed E-state index contributed by atoms with van der Waals surface area (Å²) < 4.78 is 55.1. The van der Waals surface area contributed by atoms with Crippen LogP contribution in [0.4, 0.5) is 19.1 Å².